The number of carbonyl (C=O) groups excluding carboxylic acids is 1. The number of fused-ring (bicyclic) bond motifs is 4. The lowest BCUT2D eigenvalue weighted by Gasteiger charge is -2.35. The van der Waals surface area contributed by atoms with Crippen LogP contribution in [0.5, 0.6) is 0 Å². The van der Waals surface area contributed by atoms with Crippen molar-refractivity contribution in [2.24, 2.45) is 0 Å². The molecule has 2 amide bonds. The quantitative estimate of drug-likeness (QED) is 0.793. The van der Waals surface area contributed by atoms with Crippen molar-refractivity contribution in [2.75, 3.05) is 5.32 Å². The lowest BCUT2D eigenvalue weighted by Crippen LogP contribution is -2.44. The van der Waals surface area contributed by atoms with E-state index in [-0.39, 0.29) is 23.8 Å². The molecule has 4 rings (SSSR count). The van der Waals surface area contributed by atoms with Crippen molar-refractivity contribution in [3.63, 3.8) is 0 Å². The highest BCUT2D eigenvalue weighted by atomic mass is 35.5. The van der Waals surface area contributed by atoms with Gasteiger partial charge in [0.25, 0.3) is 0 Å². The summed E-state index contributed by atoms with van der Waals surface area (Å²) >= 11 is 5.72. The Morgan fingerprint density at radius 2 is 2.12 bits per heavy atom. The van der Waals surface area contributed by atoms with Gasteiger partial charge in [0.15, 0.2) is 0 Å². The van der Waals surface area contributed by atoms with E-state index >= 15 is 0 Å². The van der Waals surface area contributed by atoms with Gasteiger partial charge in [-0.1, -0.05) is 11.6 Å². The zero-order valence-corrected chi connectivity index (χ0v) is 14.2. The molecule has 0 saturated carbocycles. The summed E-state index contributed by atoms with van der Waals surface area (Å²) < 4.78 is 38.4. The lowest BCUT2D eigenvalue weighted by atomic mass is 10.00. The van der Waals surface area contributed by atoms with Gasteiger partial charge in [0.2, 0.25) is 0 Å². The molecule has 0 radical (unpaired) electrons. The Labute approximate surface area is 152 Å². The van der Waals surface area contributed by atoms with Crippen LogP contribution in [0.15, 0.2) is 30.7 Å². The first-order chi connectivity index (χ1) is 12.3. The van der Waals surface area contributed by atoms with E-state index in [4.69, 9.17) is 11.6 Å². The minimum absolute atomic E-state index is 0.0309. The zero-order valence-electron chi connectivity index (χ0n) is 13.4. The van der Waals surface area contributed by atoms with Gasteiger partial charge in [0.05, 0.1) is 22.3 Å². The molecule has 2 aromatic rings. The minimum atomic E-state index is -4.53. The average molecular weight is 383 g/mol. The molecule has 5 nitrogen and oxygen atoms in total. The fourth-order valence-electron chi connectivity index (χ4n) is 3.75. The van der Waals surface area contributed by atoms with E-state index in [0.717, 1.165) is 36.2 Å². The summed E-state index contributed by atoms with van der Waals surface area (Å²) in [4.78, 5) is 22.8. The normalized spacial score (nSPS) is 21.5. The standard InChI is InChI=1S/C17H14ClF3N4O/c18-13-6-10(1-3-12(13)17(19,20)21)24-16(26)25-11-2-4-14(25)15-9(5-11)7-22-8-23-15/h1,3,6-8,11,14H,2,4-5H2,(H,24,26)/t11-,14+/m0/s1. The lowest BCUT2D eigenvalue weighted by molar-refractivity contribution is -0.137. The smallest absolute Gasteiger partial charge is 0.313 e. The number of hydrogen-bond acceptors (Lipinski definition) is 3. The highest BCUT2D eigenvalue weighted by molar-refractivity contribution is 6.31. The van der Waals surface area contributed by atoms with Crippen LogP contribution in [0.25, 0.3) is 0 Å². The Balaban J connectivity index is 1.56. The van der Waals surface area contributed by atoms with Crippen molar-refractivity contribution in [3.8, 4) is 0 Å². The van der Waals surface area contributed by atoms with Gasteiger partial charge >= 0.3 is 12.2 Å². The molecule has 3 heterocycles. The summed E-state index contributed by atoms with van der Waals surface area (Å²) in [5, 5.41) is 2.21. The predicted molar refractivity (Wildman–Crippen MR) is 88.8 cm³/mol. The number of hydrogen-bond donors (Lipinski definition) is 1. The molecule has 0 spiro atoms. The van der Waals surface area contributed by atoms with Crippen molar-refractivity contribution in [1.29, 1.82) is 0 Å². The van der Waals surface area contributed by atoms with Gasteiger partial charge in [0.1, 0.15) is 6.33 Å². The Morgan fingerprint density at radius 3 is 2.85 bits per heavy atom. The number of amides is 2. The van der Waals surface area contributed by atoms with Gasteiger partial charge in [-0.05, 0) is 43.0 Å². The minimum Gasteiger partial charge on any atom is -0.313 e. The van der Waals surface area contributed by atoms with Gasteiger partial charge in [-0.25, -0.2) is 14.8 Å². The largest absolute Gasteiger partial charge is 0.417 e. The first-order valence-electron chi connectivity index (χ1n) is 8.09. The summed E-state index contributed by atoms with van der Waals surface area (Å²) in [5.41, 5.74) is 1.18. The number of nitrogens with zero attached hydrogens (tertiary/aromatic N) is 3. The first kappa shape index (κ1) is 17.1. The third-order valence-corrected chi connectivity index (χ3v) is 5.17. The van der Waals surface area contributed by atoms with E-state index in [2.05, 4.69) is 15.3 Å². The molecule has 0 aliphatic carbocycles. The summed E-state index contributed by atoms with van der Waals surface area (Å²) in [5.74, 6) is 0. The molecule has 1 fully saturated rings. The van der Waals surface area contributed by atoms with Crippen molar-refractivity contribution in [2.45, 2.75) is 37.5 Å². The fraction of sp³-hybridized carbons (Fsp3) is 0.353. The molecule has 136 valence electrons. The number of benzene rings is 1. The fourth-order valence-corrected chi connectivity index (χ4v) is 4.04. The number of anilines is 1. The number of alkyl halides is 3. The number of carbonyl (C=O) groups is 1. The van der Waals surface area contributed by atoms with Crippen molar-refractivity contribution >= 4 is 23.3 Å². The maximum absolute atomic E-state index is 12.8. The van der Waals surface area contributed by atoms with Crippen molar-refractivity contribution < 1.29 is 18.0 Å². The van der Waals surface area contributed by atoms with Gasteiger partial charge in [0, 0.05) is 17.9 Å². The van der Waals surface area contributed by atoms with Crippen molar-refractivity contribution in [3.05, 3.63) is 52.6 Å². The number of urea groups is 1. The third-order valence-electron chi connectivity index (χ3n) is 4.86. The highest BCUT2D eigenvalue weighted by Gasteiger charge is 2.43. The second-order valence-corrected chi connectivity index (χ2v) is 6.82. The molecule has 2 atom stereocenters. The van der Waals surface area contributed by atoms with Crippen LogP contribution in [-0.2, 0) is 12.6 Å². The molecule has 0 unspecified atom stereocenters. The maximum Gasteiger partial charge on any atom is 0.417 e. The van der Waals surface area contributed by atoms with Crippen LogP contribution in [0.2, 0.25) is 5.02 Å². The van der Waals surface area contributed by atoms with Crippen LogP contribution in [-0.4, -0.2) is 26.9 Å². The summed E-state index contributed by atoms with van der Waals surface area (Å²) in [6.45, 7) is 0. The van der Waals surface area contributed by atoms with Crippen LogP contribution in [0, 0.1) is 0 Å². The van der Waals surface area contributed by atoms with E-state index in [1.54, 1.807) is 11.1 Å². The molecule has 2 aliphatic rings. The molecule has 1 aromatic carbocycles. The molecule has 1 N–H and O–H groups in total. The number of nitrogens with one attached hydrogen (secondary N) is 1. The maximum atomic E-state index is 12.8. The third kappa shape index (κ3) is 2.88. The molecule has 2 bridgehead atoms. The van der Waals surface area contributed by atoms with E-state index < -0.39 is 16.8 Å². The zero-order chi connectivity index (χ0) is 18.5. The van der Waals surface area contributed by atoms with E-state index in [1.165, 1.54) is 12.4 Å². The van der Waals surface area contributed by atoms with Crippen LogP contribution in [0.3, 0.4) is 0 Å². The van der Waals surface area contributed by atoms with Crippen LogP contribution >= 0.6 is 11.6 Å². The van der Waals surface area contributed by atoms with E-state index in [1.807, 2.05) is 0 Å². The summed E-state index contributed by atoms with van der Waals surface area (Å²) in [6.07, 6.45) is 1.03. The van der Waals surface area contributed by atoms with E-state index in [0.29, 0.717) is 6.42 Å². The second-order valence-electron chi connectivity index (χ2n) is 6.41. The molecular weight excluding hydrogens is 369 g/mol. The second kappa shape index (κ2) is 6.12. The van der Waals surface area contributed by atoms with Gasteiger partial charge in [-0.3, -0.25) is 0 Å². The molecular formula is C17H14ClF3N4O. The van der Waals surface area contributed by atoms with Crippen LogP contribution in [0.4, 0.5) is 23.7 Å². The molecule has 1 aromatic heterocycles. The Bertz CT molecular complexity index is 873. The van der Waals surface area contributed by atoms with Gasteiger partial charge < -0.3 is 10.2 Å². The molecule has 1 saturated heterocycles. The SMILES string of the molecule is O=C(Nc1ccc(C(F)(F)F)c(Cl)c1)N1[C@H]2CC[C@@H]1c1ncncc1C2. The topological polar surface area (TPSA) is 58.1 Å². The number of halogens is 4. The Kier molecular flexibility index (Phi) is 4.02. The predicted octanol–water partition coefficient (Wildman–Crippen LogP) is 4.44. The number of aromatic nitrogens is 2. The van der Waals surface area contributed by atoms with Gasteiger partial charge in [-0.2, -0.15) is 13.2 Å². The van der Waals surface area contributed by atoms with Crippen molar-refractivity contribution in [1.82, 2.24) is 14.9 Å². The monoisotopic (exact) mass is 382 g/mol. The Hall–Kier alpha value is -2.35. The number of rotatable bonds is 1. The average Bonchev–Trinajstić information content (AvgIpc) is 2.89. The Morgan fingerprint density at radius 1 is 1.31 bits per heavy atom. The molecule has 26 heavy (non-hydrogen) atoms. The summed E-state index contributed by atoms with van der Waals surface area (Å²) in [7, 11) is 0. The highest BCUT2D eigenvalue weighted by Crippen LogP contribution is 2.43. The molecule has 2 aliphatic heterocycles. The van der Waals surface area contributed by atoms with Crippen LogP contribution < -0.4 is 5.32 Å². The van der Waals surface area contributed by atoms with Gasteiger partial charge in [-0.15, -0.1) is 0 Å². The molecule has 9 heteroatoms. The first-order valence-corrected chi connectivity index (χ1v) is 8.47. The summed E-state index contributed by atoms with van der Waals surface area (Å²) in [6, 6.07) is 2.71. The van der Waals surface area contributed by atoms with E-state index in [9.17, 15) is 18.0 Å². The van der Waals surface area contributed by atoms with Crippen LogP contribution in [0.1, 0.15) is 35.7 Å².